The molecule has 3 aromatic heterocycles. The number of para-hydroxylation sites is 1. The third-order valence-electron chi connectivity index (χ3n) is 5.76. The van der Waals surface area contributed by atoms with Crippen LogP contribution in [0.2, 0.25) is 0 Å². The molecule has 0 spiro atoms. The van der Waals surface area contributed by atoms with E-state index in [1.165, 1.54) is 0 Å². The van der Waals surface area contributed by atoms with Gasteiger partial charge in [-0.3, -0.25) is 9.67 Å². The standard InChI is InChI=1S/C28H27N5O/c1-32(2)17-18-33-28(26(19-30-33)21-13-15-29-16-14-21)23-8-11-25(12-9-23)34-20-24-10-7-22-5-3-4-6-27(22)31-24/h3-16,19H,17-18,20H2,1-2H3. The van der Waals surface area contributed by atoms with E-state index in [1.54, 1.807) is 0 Å². The van der Waals surface area contributed by atoms with E-state index in [2.05, 4.69) is 52.9 Å². The van der Waals surface area contributed by atoms with Gasteiger partial charge in [0, 0.05) is 35.5 Å². The van der Waals surface area contributed by atoms with Gasteiger partial charge in [0.1, 0.15) is 12.4 Å². The molecule has 34 heavy (non-hydrogen) atoms. The maximum absolute atomic E-state index is 6.04. The SMILES string of the molecule is CN(C)CCn1ncc(-c2ccncc2)c1-c1ccc(OCc2ccc3ccccc3n2)cc1. The van der Waals surface area contributed by atoms with Crippen molar-refractivity contribution in [3.63, 3.8) is 0 Å². The Morgan fingerprint density at radius 1 is 0.853 bits per heavy atom. The fraction of sp³-hybridized carbons (Fsp3) is 0.179. The molecular weight excluding hydrogens is 422 g/mol. The molecule has 5 aromatic rings. The van der Waals surface area contributed by atoms with Gasteiger partial charge in [0.05, 0.1) is 29.6 Å². The van der Waals surface area contributed by atoms with Gasteiger partial charge in [0.15, 0.2) is 0 Å². The highest BCUT2D eigenvalue weighted by Gasteiger charge is 2.15. The minimum absolute atomic E-state index is 0.424. The lowest BCUT2D eigenvalue weighted by Gasteiger charge is -2.14. The van der Waals surface area contributed by atoms with E-state index in [0.717, 1.165) is 57.8 Å². The summed E-state index contributed by atoms with van der Waals surface area (Å²) in [7, 11) is 4.15. The molecule has 0 saturated heterocycles. The number of fused-ring (bicyclic) bond motifs is 1. The third-order valence-corrected chi connectivity index (χ3v) is 5.76. The van der Waals surface area contributed by atoms with Crippen molar-refractivity contribution < 1.29 is 4.74 Å². The molecule has 0 saturated carbocycles. The van der Waals surface area contributed by atoms with Crippen LogP contribution in [0.25, 0.3) is 33.3 Å². The van der Waals surface area contributed by atoms with Crippen LogP contribution in [0.4, 0.5) is 0 Å². The van der Waals surface area contributed by atoms with Crippen LogP contribution in [0.5, 0.6) is 5.75 Å². The molecule has 0 N–H and O–H groups in total. The number of hydrogen-bond acceptors (Lipinski definition) is 5. The first kappa shape index (κ1) is 21.8. The normalized spacial score (nSPS) is 11.3. The van der Waals surface area contributed by atoms with Gasteiger partial charge in [0.2, 0.25) is 0 Å². The highest BCUT2D eigenvalue weighted by atomic mass is 16.5. The topological polar surface area (TPSA) is 56.1 Å². The number of aromatic nitrogens is 4. The van der Waals surface area contributed by atoms with Gasteiger partial charge in [-0.1, -0.05) is 24.3 Å². The van der Waals surface area contributed by atoms with E-state index in [-0.39, 0.29) is 0 Å². The Morgan fingerprint density at radius 3 is 2.44 bits per heavy atom. The average Bonchev–Trinajstić information content (AvgIpc) is 3.31. The van der Waals surface area contributed by atoms with Crippen molar-refractivity contribution in [2.24, 2.45) is 0 Å². The van der Waals surface area contributed by atoms with Gasteiger partial charge in [-0.2, -0.15) is 5.10 Å². The molecule has 3 heterocycles. The second-order valence-corrected chi connectivity index (χ2v) is 8.48. The molecule has 5 rings (SSSR count). The molecule has 0 aliphatic carbocycles. The third kappa shape index (κ3) is 4.82. The zero-order valence-electron chi connectivity index (χ0n) is 19.4. The summed E-state index contributed by atoms with van der Waals surface area (Å²) in [5.74, 6) is 0.809. The Labute approximate surface area is 199 Å². The molecule has 6 nitrogen and oxygen atoms in total. The number of benzene rings is 2. The summed E-state index contributed by atoms with van der Waals surface area (Å²) in [4.78, 5) is 11.0. The van der Waals surface area contributed by atoms with Crippen LogP contribution in [0.15, 0.2) is 91.4 Å². The lowest BCUT2D eigenvalue weighted by molar-refractivity contribution is 0.302. The minimum atomic E-state index is 0.424. The van der Waals surface area contributed by atoms with Crippen LogP contribution in [-0.4, -0.2) is 45.3 Å². The van der Waals surface area contributed by atoms with Crippen LogP contribution in [0.3, 0.4) is 0 Å². The smallest absolute Gasteiger partial charge is 0.130 e. The number of ether oxygens (including phenoxy) is 1. The maximum atomic E-state index is 6.04. The van der Waals surface area contributed by atoms with Gasteiger partial charge in [0.25, 0.3) is 0 Å². The highest BCUT2D eigenvalue weighted by molar-refractivity contribution is 5.81. The molecule has 0 bridgehead atoms. The Balaban J connectivity index is 1.38. The Hall–Kier alpha value is -4.03. The van der Waals surface area contributed by atoms with Crippen molar-refractivity contribution >= 4 is 10.9 Å². The summed E-state index contributed by atoms with van der Waals surface area (Å²) in [6.07, 6.45) is 5.57. The van der Waals surface area contributed by atoms with Crippen molar-refractivity contribution in [3.8, 4) is 28.1 Å². The molecule has 0 fully saturated rings. The summed E-state index contributed by atoms with van der Waals surface area (Å²) in [6.45, 7) is 2.14. The number of likely N-dealkylation sites (N-methyl/N-ethyl adjacent to an activating group) is 1. The molecule has 2 aromatic carbocycles. The van der Waals surface area contributed by atoms with E-state index >= 15 is 0 Å². The van der Waals surface area contributed by atoms with Crippen molar-refractivity contribution in [1.29, 1.82) is 0 Å². The van der Waals surface area contributed by atoms with Crippen molar-refractivity contribution in [2.75, 3.05) is 20.6 Å². The van der Waals surface area contributed by atoms with Crippen LogP contribution in [0.1, 0.15) is 5.69 Å². The van der Waals surface area contributed by atoms with Crippen molar-refractivity contribution in [1.82, 2.24) is 24.6 Å². The molecule has 0 unspecified atom stereocenters. The van der Waals surface area contributed by atoms with Crippen molar-refractivity contribution in [2.45, 2.75) is 13.2 Å². The van der Waals surface area contributed by atoms with Gasteiger partial charge < -0.3 is 9.64 Å². The second kappa shape index (κ2) is 9.85. The quantitative estimate of drug-likeness (QED) is 0.322. The van der Waals surface area contributed by atoms with Gasteiger partial charge in [-0.15, -0.1) is 0 Å². The predicted octanol–water partition coefficient (Wildman–Crippen LogP) is 5.30. The van der Waals surface area contributed by atoms with Gasteiger partial charge >= 0.3 is 0 Å². The maximum Gasteiger partial charge on any atom is 0.130 e. The zero-order valence-corrected chi connectivity index (χ0v) is 19.4. The summed E-state index contributed by atoms with van der Waals surface area (Å²) in [5, 5.41) is 5.83. The molecule has 0 radical (unpaired) electrons. The van der Waals surface area contributed by atoms with E-state index < -0.39 is 0 Å². The first-order valence-electron chi connectivity index (χ1n) is 11.4. The summed E-state index contributed by atoms with van der Waals surface area (Å²) in [5.41, 5.74) is 6.27. The molecular formula is C28H27N5O. The lowest BCUT2D eigenvalue weighted by Crippen LogP contribution is -2.19. The van der Waals surface area contributed by atoms with E-state index in [0.29, 0.717) is 6.61 Å². The van der Waals surface area contributed by atoms with Gasteiger partial charge in [-0.05, 0) is 68.2 Å². The molecule has 0 atom stereocenters. The van der Waals surface area contributed by atoms with Gasteiger partial charge in [-0.25, -0.2) is 4.98 Å². The Morgan fingerprint density at radius 2 is 1.65 bits per heavy atom. The molecule has 0 aliphatic heterocycles. The van der Waals surface area contributed by atoms with E-state index in [4.69, 9.17) is 14.8 Å². The van der Waals surface area contributed by atoms with Crippen LogP contribution in [0, 0.1) is 0 Å². The predicted molar refractivity (Wildman–Crippen MR) is 136 cm³/mol. The van der Waals surface area contributed by atoms with E-state index in [9.17, 15) is 0 Å². The van der Waals surface area contributed by atoms with Crippen LogP contribution >= 0.6 is 0 Å². The van der Waals surface area contributed by atoms with Crippen LogP contribution in [-0.2, 0) is 13.2 Å². The zero-order chi connectivity index (χ0) is 23.3. The number of rotatable bonds is 8. The first-order chi connectivity index (χ1) is 16.7. The summed E-state index contributed by atoms with van der Waals surface area (Å²) >= 11 is 0. The molecule has 6 heteroatoms. The lowest BCUT2D eigenvalue weighted by atomic mass is 10.0. The molecule has 0 amide bonds. The first-order valence-corrected chi connectivity index (χ1v) is 11.4. The monoisotopic (exact) mass is 449 g/mol. The number of nitrogens with zero attached hydrogens (tertiary/aromatic N) is 5. The Bertz CT molecular complexity index is 1380. The average molecular weight is 450 g/mol. The molecule has 0 aliphatic rings. The molecule has 170 valence electrons. The second-order valence-electron chi connectivity index (χ2n) is 8.48. The largest absolute Gasteiger partial charge is 0.487 e. The van der Waals surface area contributed by atoms with E-state index in [1.807, 2.05) is 67.1 Å². The highest BCUT2D eigenvalue weighted by Crippen LogP contribution is 2.33. The fourth-order valence-electron chi connectivity index (χ4n) is 3.95. The number of hydrogen-bond donors (Lipinski definition) is 0. The Kier molecular flexibility index (Phi) is 6.31. The van der Waals surface area contributed by atoms with Crippen LogP contribution < -0.4 is 4.74 Å². The summed E-state index contributed by atoms with van der Waals surface area (Å²) < 4.78 is 8.11. The fourth-order valence-corrected chi connectivity index (χ4v) is 3.95. The summed E-state index contributed by atoms with van der Waals surface area (Å²) in [6, 6.07) is 24.5. The minimum Gasteiger partial charge on any atom is -0.487 e. The van der Waals surface area contributed by atoms with Crippen molar-refractivity contribution in [3.05, 3.63) is 97.1 Å². The number of pyridine rings is 2.